The van der Waals surface area contributed by atoms with Crippen LogP contribution in [-0.4, -0.2) is 9.97 Å². The van der Waals surface area contributed by atoms with Crippen LogP contribution in [0.5, 0.6) is 0 Å². The number of anilines is 2. The first-order valence-electron chi connectivity index (χ1n) is 8.26. The molecular formula is C21H21N3. The van der Waals surface area contributed by atoms with Gasteiger partial charge >= 0.3 is 0 Å². The number of nitrogens with zero attached hydrogens (tertiary/aromatic N) is 1. The number of hydrogen-bond acceptors (Lipinski definition) is 2. The molecule has 0 saturated heterocycles. The summed E-state index contributed by atoms with van der Waals surface area (Å²) in [5.41, 5.74) is 5.23. The van der Waals surface area contributed by atoms with Gasteiger partial charge in [-0.1, -0.05) is 56.3 Å². The van der Waals surface area contributed by atoms with Gasteiger partial charge < -0.3 is 10.3 Å². The molecule has 3 aromatic carbocycles. The third kappa shape index (κ3) is 3.46. The fourth-order valence-corrected chi connectivity index (χ4v) is 2.52. The first kappa shape index (κ1) is 15.8. The Morgan fingerprint density at radius 2 is 1.46 bits per heavy atom. The van der Waals surface area contributed by atoms with Crippen molar-refractivity contribution in [2.75, 3.05) is 5.32 Å². The van der Waals surface area contributed by atoms with E-state index in [-0.39, 0.29) is 0 Å². The smallest absolute Gasteiger partial charge is 0.138 e. The van der Waals surface area contributed by atoms with Gasteiger partial charge in [0.1, 0.15) is 5.82 Å². The van der Waals surface area contributed by atoms with E-state index >= 15 is 0 Å². The van der Waals surface area contributed by atoms with Gasteiger partial charge in [0.15, 0.2) is 0 Å². The number of H-pyrrole nitrogens is 1. The van der Waals surface area contributed by atoms with Gasteiger partial charge in [-0.2, -0.15) is 0 Å². The Kier molecular flexibility index (Phi) is 4.92. The summed E-state index contributed by atoms with van der Waals surface area (Å²) in [6, 6.07) is 26.5. The molecule has 0 amide bonds. The highest BCUT2D eigenvalue weighted by Gasteiger charge is 2.05. The molecule has 2 N–H and O–H groups in total. The maximum Gasteiger partial charge on any atom is 0.138 e. The summed E-state index contributed by atoms with van der Waals surface area (Å²) >= 11 is 0. The summed E-state index contributed by atoms with van der Waals surface area (Å²) in [7, 11) is 0. The first-order valence-corrected chi connectivity index (χ1v) is 8.26. The second-order valence-electron chi connectivity index (χ2n) is 5.17. The van der Waals surface area contributed by atoms with Crippen LogP contribution < -0.4 is 5.32 Å². The van der Waals surface area contributed by atoms with Crippen LogP contribution in [0.15, 0.2) is 78.9 Å². The van der Waals surface area contributed by atoms with E-state index < -0.39 is 0 Å². The second kappa shape index (κ2) is 7.47. The van der Waals surface area contributed by atoms with Crippen LogP contribution in [0.25, 0.3) is 22.4 Å². The maximum absolute atomic E-state index is 4.65. The number of fused-ring (bicyclic) bond motifs is 1. The molecule has 3 nitrogen and oxygen atoms in total. The third-order valence-corrected chi connectivity index (χ3v) is 3.59. The number of nitrogens with one attached hydrogen (secondary N) is 2. The number of imidazole rings is 1. The van der Waals surface area contributed by atoms with E-state index in [1.54, 1.807) is 0 Å². The van der Waals surface area contributed by atoms with Crippen molar-refractivity contribution in [2.24, 2.45) is 0 Å². The van der Waals surface area contributed by atoms with E-state index in [0.717, 1.165) is 33.8 Å². The van der Waals surface area contributed by atoms with Crippen LogP contribution in [0.1, 0.15) is 13.8 Å². The van der Waals surface area contributed by atoms with Crippen LogP contribution in [0.4, 0.5) is 11.4 Å². The third-order valence-electron chi connectivity index (χ3n) is 3.59. The van der Waals surface area contributed by atoms with Crippen LogP contribution in [-0.2, 0) is 0 Å². The highest BCUT2D eigenvalue weighted by atomic mass is 14.9. The lowest BCUT2D eigenvalue weighted by Gasteiger charge is -2.07. The van der Waals surface area contributed by atoms with Crippen LogP contribution in [0.2, 0.25) is 0 Å². The van der Waals surface area contributed by atoms with Crippen molar-refractivity contribution in [3.8, 4) is 11.4 Å². The van der Waals surface area contributed by atoms with Gasteiger partial charge in [0.2, 0.25) is 0 Å². The Bertz CT molecular complexity index is 877. The first-order chi connectivity index (χ1) is 11.9. The van der Waals surface area contributed by atoms with Crippen LogP contribution in [0.3, 0.4) is 0 Å². The average Bonchev–Trinajstić information content (AvgIpc) is 3.09. The number of aromatic amines is 1. The van der Waals surface area contributed by atoms with Gasteiger partial charge in [0.25, 0.3) is 0 Å². The van der Waals surface area contributed by atoms with Gasteiger partial charge in [-0.05, 0) is 36.4 Å². The zero-order valence-corrected chi connectivity index (χ0v) is 14.0. The highest BCUT2D eigenvalue weighted by Crippen LogP contribution is 2.24. The van der Waals surface area contributed by atoms with Crippen LogP contribution in [0, 0.1) is 0 Å². The fourth-order valence-electron chi connectivity index (χ4n) is 2.52. The average molecular weight is 315 g/mol. The predicted octanol–water partition coefficient (Wildman–Crippen LogP) is 6.00. The molecule has 0 aliphatic rings. The molecule has 0 saturated carbocycles. The van der Waals surface area contributed by atoms with E-state index in [2.05, 4.69) is 33.5 Å². The van der Waals surface area contributed by atoms with Crippen molar-refractivity contribution in [1.29, 1.82) is 0 Å². The van der Waals surface area contributed by atoms with Crippen molar-refractivity contribution in [2.45, 2.75) is 13.8 Å². The Morgan fingerprint density at radius 1 is 0.750 bits per heavy atom. The SMILES string of the molecule is CC.c1ccc(Nc2cccc(-c3nc4ccccc4[nH]3)c2)cc1. The van der Waals surface area contributed by atoms with Crippen LogP contribution >= 0.6 is 0 Å². The largest absolute Gasteiger partial charge is 0.356 e. The number of benzene rings is 3. The standard InChI is InChI=1S/C19H15N3.C2H6/c1-2-8-15(9-3-1)20-16-10-6-7-14(13-16)19-21-17-11-4-5-12-18(17)22-19;1-2/h1-13,20H,(H,21,22);1-2H3. The molecule has 1 aromatic heterocycles. The fraction of sp³-hybridized carbons (Fsp3) is 0.0952. The summed E-state index contributed by atoms with van der Waals surface area (Å²) in [5.74, 6) is 0.887. The molecule has 0 unspecified atom stereocenters. The minimum atomic E-state index is 0.887. The zero-order chi connectivity index (χ0) is 16.8. The van der Waals surface area contributed by atoms with Crippen molar-refractivity contribution < 1.29 is 0 Å². The number of hydrogen-bond donors (Lipinski definition) is 2. The van der Waals surface area contributed by atoms with Gasteiger partial charge in [-0.15, -0.1) is 0 Å². The number of para-hydroxylation sites is 3. The molecule has 3 heteroatoms. The lowest BCUT2D eigenvalue weighted by molar-refractivity contribution is 1.33. The van der Waals surface area contributed by atoms with Gasteiger partial charge in [-0.3, -0.25) is 0 Å². The molecule has 0 bridgehead atoms. The number of rotatable bonds is 3. The van der Waals surface area contributed by atoms with E-state index in [9.17, 15) is 0 Å². The van der Waals surface area contributed by atoms with Gasteiger partial charge in [0, 0.05) is 16.9 Å². The van der Waals surface area contributed by atoms with Gasteiger partial charge in [-0.25, -0.2) is 4.98 Å². The van der Waals surface area contributed by atoms with E-state index in [1.807, 2.05) is 74.5 Å². The molecule has 0 aliphatic heterocycles. The quantitative estimate of drug-likeness (QED) is 0.487. The summed E-state index contributed by atoms with van der Waals surface area (Å²) in [6.07, 6.45) is 0. The van der Waals surface area contributed by atoms with Gasteiger partial charge in [0.05, 0.1) is 11.0 Å². The molecule has 120 valence electrons. The Labute approximate surface area is 142 Å². The lowest BCUT2D eigenvalue weighted by Crippen LogP contribution is -1.90. The Morgan fingerprint density at radius 3 is 2.25 bits per heavy atom. The molecule has 0 atom stereocenters. The lowest BCUT2D eigenvalue weighted by atomic mass is 10.2. The Balaban J connectivity index is 0.000000815. The maximum atomic E-state index is 4.65. The molecule has 0 fully saturated rings. The minimum absolute atomic E-state index is 0.887. The summed E-state index contributed by atoms with van der Waals surface area (Å²) in [6.45, 7) is 4.00. The van der Waals surface area contributed by atoms with Crippen molar-refractivity contribution in [3.05, 3.63) is 78.9 Å². The molecular weight excluding hydrogens is 294 g/mol. The topological polar surface area (TPSA) is 40.7 Å². The second-order valence-corrected chi connectivity index (χ2v) is 5.17. The molecule has 4 rings (SSSR count). The molecule has 0 radical (unpaired) electrons. The predicted molar refractivity (Wildman–Crippen MR) is 103 cm³/mol. The monoisotopic (exact) mass is 315 g/mol. The highest BCUT2D eigenvalue weighted by molar-refractivity contribution is 5.80. The Hall–Kier alpha value is -3.07. The zero-order valence-electron chi connectivity index (χ0n) is 14.0. The van der Waals surface area contributed by atoms with Crippen molar-refractivity contribution >= 4 is 22.4 Å². The van der Waals surface area contributed by atoms with E-state index in [0.29, 0.717) is 0 Å². The molecule has 24 heavy (non-hydrogen) atoms. The number of aromatic nitrogens is 2. The summed E-state index contributed by atoms with van der Waals surface area (Å²) < 4.78 is 0. The molecule has 4 aromatic rings. The van der Waals surface area contributed by atoms with E-state index in [1.165, 1.54) is 0 Å². The van der Waals surface area contributed by atoms with Crippen molar-refractivity contribution in [1.82, 2.24) is 9.97 Å². The van der Waals surface area contributed by atoms with E-state index in [4.69, 9.17) is 0 Å². The van der Waals surface area contributed by atoms with Crippen molar-refractivity contribution in [3.63, 3.8) is 0 Å². The molecule has 0 spiro atoms. The molecule has 1 heterocycles. The normalized spacial score (nSPS) is 10.1. The minimum Gasteiger partial charge on any atom is -0.356 e. The summed E-state index contributed by atoms with van der Waals surface area (Å²) in [4.78, 5) is 8.01. The summed E-state index contributed by atoms with van der Waals surface area (Å²) in [5, 5.41) is 3.41. The molecule has 0 aliphatic carbocycles.